The predicted molar refractivity (Wildman–Crippen MR) is 68.6 cm³/mol. The molecule has 2 rings (SSSR count). The van der Waals surface area contributed by atoms with Gasteiger partial charge in [-0.3, -0.25) is 0 Å². The highest BCUT2D eigenvalue weighted by Gasteiger charge is 2.22. The molecule has 0 radical (unpaired) electrons. The van der Waals surface area contributed by atoms with Crippen molar-refractivity contribution < 1.29 is 9.47 Å². The number of hydrogen-bond acceptors (Lipinski definition) is 3. The Balaban J connectivity index is 1.95. The van der Waals surface area contributed by atoms with Gasteiger partial charge in [-0.25, -0.2) is 0 Å². The number of nitrogens with one attached hydrogen (secondary N) is 1. The number of ether oxygens (including phenoxy) is 2. The first-order valence-electron chi connectivity index (χ1n) is 6.33. The van der Waals surface area contributed by atoms with Gasteiger partial charge in [-0.15, -0.1) is 0 Å². The smallest absolute Gasteiger partial charge is 0.119 e. The van der Waals surface area contributed by atoms with E-state index < -0.39 is 0 Å². The van der Waals surface area contributed by atoms with Crippen molar-refractivity contribution in [1.29, 1.82) is 0 Å². The lowest BCUT2D eigenvalue weighted by atomic mass is 10.1. The molecule has 94 valence electrons. The Morgan fingerprint density at radius 2 is 2.29 bits per heavy atom. The van der Waals surface area contributed by atoms with Gasteiger partial charge in [0.2, 0.25) is 0 Å². The van der Waals surface area contributed by atoms with Crippen LogP contribution >= 0.6 is 0 Å². The van der Waals surface area contributed by atoms with Crippen molar-refractivity contribution in [3.05, 3.63) is 29.3 Å². The maximum atomic E-state index is 5.34. The van der Waals surface area contributed by atoms with Gasteiger partial charge in [-0.1, -0.05) is 6.07 Å². The van der Waals surface area contributed by atoms with Crippen LogP contribution in [0.15, 0.2) is 18.2 Å². The third kappa shape index (κ3) is 2.99. The standard InChI is InChI=1S/C14H21NO2/c1-3-17-9-8-15-14-7-5-11-4-6-12(16-2)10-13(11)14/h4,6,10,14-15H,3,5,7-9H2,1-2H3. The van der Waals surface area contributed by atoms with Crippen LogP contribution in [-0.4, -0.2) is 26.9 Å². The van der Waals surface area contributed by atoms with Crippen LogP contribution in [0, 0.1) is 0 Å². The van der Waals surface area contributed by atoms with Gasteiger partial charge in [-0.2, -0.15) is 0 Å². The van der Waals surface area contributed by atoms with Gasteiger partial charge in [0.15, 0.2) is 0 Å². The second kappa shape index (κ2) is 6.03. The zero-order valence-electron chi connectivity index (χ0n) is 10.7. The molecule has 1 unspecified atom stereocenters. The molecule has 1 atom stereocenters. The lowest BCUT2D eigenvalue weighted by Crippen LogP contribution is -2.23. The minimum absolute atomic E-state index is 0.459. The maximum Gasteiger partial charge on any atom is 0.119 e. The highest BCUT2D eigenvalue weighted by molar-refractivity contribution is 5.40. The molecule has 0 aliphatic heterocycles. The van der Waals surface area contributed by atoms with Crippen LogP contribution in [0.5, 0.6) is 5.75 Å². The molecular formula is C14H21NO2. The van der Waals surface area contributed by atoms with E-state index in [1.54, 1.807) is 7.11 Å². The van der Waals surface area contributed by atoms with Crippen LogP contribution in [0.1, 0.15) is 30.5 Å². The Hall–Kier alpha value is -1.06. The summed E-state index contributed by atoms with van der Waals surface area (Å²) in [6, 6.07) is 6.83. The molecule has 0 spiro atoms. The molecule has 0 fully saturated rings. The molecule has 0 heterocycles. The third-order valence-electron chi connectivity index (χ3n) is 3.27. The van der Waals surface area contributed by atoms with Crippen molar-refractivity contribution in [2.75, 3.05) is 26.9 Å². The average molecular weight is 235 g/mol. The minimum atomic E-state index is 0.459. The number of fused-ring (bicyclic) bond motifs is 1. The molecular weight excluding hydrogens is 214 g/mol. The van der Waals surface area contributed by atoms with E-state index in [1.165, 1.54) is 17.5 Å². The Labute approximate surface area is 103 Å². The van der Waals surface area contributed by atoms with Crippen LogP contribution in [0.2, 0.25) is 0 Å². The molecule has 1 aliphatic rings. The molecule has 17 heavy (non-hydrogen) atoms. The molecule has 0 saturated carbocycles. The first kappa shape index (κ1) is 12.4. The van der Waals surface area contributed by atoms with Crippen LogP contribution in [0.3, 0.4) is 0 Å². The van der Waals surface area contributed by atoms with E-state index in [0.29, 0.717) is 6.04 Å². The highest BCUT2D eigenvalue weighted by Crippen LogP contribution is 2.33. The molecule has 0 amide bonds. The van der Waals surface area contributed by atoms with Gasteiger partial charge in [-0.05, 0) is 43.0 Å². The Kier molecular flexibility index (Phi) is 4.40. The van der Waals surface area contributed by atoms with E-state index in [-0.39, 0.29) is 0 Å². The topological polar surface area (TPSA) is 30.5 Å². The maximum absolute atomic E-state index is 5.34. The van der Waals surface area contributed by atoms with Crippen molar-refractivity contribution in [3.8, 4) is 5.75 Å². The van der Waals surface area contributed by atoms with Crippen LogP contribution < -0.4 is 10.1 Å². The Morgan fingerprint density at radius 3 is 3.06 bits per heavy atom. The molecule has 0 bridgehead atoms. The molecule has 1 N–H and O–H groups in total. The molecule has 1 aromatic carbocycles. The fraction of sp³-hybridized carbons (Fsp3) is 0.571. The van der Waals surface area contributed by atoms with E-state index in [2.05, 4.69) is 17.4 Å². The summed E-state index contributed by atoms with van der Waals surface area (Å²) in [5.41, 5.74) is 2.83. The summed E-state index contributed by atoms with van der Waals surface area (Å²) in [4.78, 5) is 0. The normalized spacial score (nSPS) is 18.1. The summed E-state index contributed by atoms with van der Waals surface area (Å²) in [5.74, 6) is 0.947. The van der Waals surface area contributed by atoms with Gasteiger partial charge in [0.05, 0.1) is 13.7 Å². The summed E-state index contributed by atoms with van der Waals surface area (Å²) < 4.78 is 10.6. The lowest BCUT2D eigenvalue weighted by molar-refractivity contribution is 0.147. The third-order valence-corrected chi connectivity index (χ3v) is 3.27. The summed E-state index contributed by atoms with van der Waals surface area (Å²) >= 11 is 0. The van der Waals surface area contributed by atoms with Crippen molar-refractivity contribution in [2.24, 2.45) is 0 Å². The van der Waals surface area contributed by atoms with Crippen LogP contribution in [-0.2, 0) is 11.2 Å². The Morgan fingerprint density at radius 1 is 1.41 bits per heavy atom. The summed E-state index contributed by atoms with van der Waals surface area (Å²) in [6.07, 6.45) is 2.33. The number of hydrogen-bond donors (Lipinski definition) is 1. The van der Waals surface area contributed by atoms with Crippen molar-refractivity contribution in [3.63, 3.8) is 0 Å². The van der Waals surface area contributed by atoms with Gasteiger partial charge in [0.1, 0.15) is 5.75 Å². The second-order valence-corrected chi connectivity index (χ2v) is 4.31. The summed E-state index contributed by atoms with van der Waals surface area (Å²) in [5, 5.41) is 3.54. The van der Waals surface area contributed by atoms with E-state index in [4.69, 9.17) is 9.47 Å². The summed E-state index contributed by atoms with van der Waals surface area (Å²) in [7, 11) is 1.72. The molecule has 3 heteroatoms. The Bertz CT molecular complexity index is 365. The average Bonchev–Trinajstić information content (AvgIpc) is 2.77. The zero-order chi connectivity index (χ0) is 12.1. The van der Waals surface area contributed by atoms with E-state index in [1.807, 2.05) is 13.0 Å². The van der Waals surface area contributed by atoms with Crippen molar-refractivity contribution in [2.45, 2.75) is 25.8 Å². The van der Waals surface area contributed by atoms with Crippen molar-refractivity contribution in [1.82, 2.24) is 5.32 Å². The SMILES string of the molecule is CCOCCNC1CCc2ccc(OC)cc21. The van der Waals surface area contributed by atoms with E-state index in [0.717, 1.165) is 31.9 Å². The fourth-order valence-corrected chi connectivity index (χ4v) is 2.37. The molecule has 0 aromatic heterocycles. The second-order valence-electron chi connectivity index (χ2n) is 4.31. The van der Waals surface area contributed by atoms with Gasteiger partial charge < -0.3 is 14.8 Å². The molecule has 1 aromatic rings. The van der Waals surface area contributed by atoms with Crippen molar-refractivity contribution >= 4 is 0 Å². The quantitative estimate of drug-likeness (QED) is 0.767. The number of benzene rings is 1. The van der Waals surface area contributed by atoms with Gasteiger partial charge in [0.25, 0.3) is 0 Å². The fourth-order valence-electron chi connectivity index (χ4n) is 2.37. The molecule has 0 saturated heterocycles. The van der Waals surface area contributed by atoms with Gasteiger partial charge >= 0.3 is 0 Å². The first-order chi connectivity index (χ1) is 8.35. The summed E-state index contributed by atoms with van der Waals surface area (Å²) in [6.45, 7) is 4.51. The van der Waals surface area contributed by atoms with Crippen LogP contribution in [0.25, 0.3) is 0 Å². The molecule has 1 aliphatic carbocycles. The zero-order valence-corrected chi connectivity index (χ0v) is 10.7. The largest absolute Gasteiger partial charge is 0.497 e. The van der Waals surface area contributed by atoms with Gasteiger partial charge in [0, 0.05) is 19.2 Å². The first-order valence-corrected chi connectivity index (χ1v) is 6.33. The van der Waals surface area contributed by atoms with E-state index >= 15 is 0 Å². The minimum Gasteiger partial charge on any atom is -0.497 e. The number of rotatable bonds is 6. The predicted octanol–water partition coefficient (Wildman–Crippen LogP) is 2.31. The lowest BCUT2D eigenvalue weighted by Gasteiger charge is -2.14. The highest BCUT2D eigenvalue weighted by atomic mass is 16.5. The monoisotopic (exact) mass is 235 g/mol. The molecule has 3 nitrogen and oxygen atoms in total. The van der Waals surface area contributed by atoms with E-state index in [9.17, 15) is 0 Å². The number of aryl methyl sites for hydroxylation is 1. The number of methoxy groups -OCH3 is 1. The van der Waals surface area contributed by atoms with Crippen LogP contribution in [0.4, 0.5) is 0 Å².